The maximum Gasteiger partial charge on any atom is 0.257 e. The molecule has 0 radical (unpaired) electrons. The lowest BCUT2D eigenvalue weighted by molar-refractivity contribution is -0.114. The van der Waals surface area contributed by atoms with Gasteiger partial charge >= 0.3 is 0 Å². The topological polar surface area (TPSA) is 81.7 Å². The molecule has 1 saturated carbocycles. The van der Waals surface area contributed by atoms with Crippen molar-refractivity contribution >= 4 is 22.0 Å². The van der Waals surface area contributed by atoms with Crippen LogP contribution in [0.4, 0.5) is 0 Å². The van der Waals surface area contributed by atoms with Gasteiger partial charge in [-0.1, -0.05) is 25.3 Å². The van der Waals surface area contributed by atoms with Crippen molar-refractivity contribution in [2.24, 2.45) is 0 Å². The Labute approximate surface area is 141 Å². The lowest BCUT2D eigenvalue weighted by atomic mass is 10.0. The normalized spacial score (nSPS) is 18.5. The minimum Gasteiger partial charge on any atom is -0.486 e. The zero-order valence-corrected chi connectivity index (χ0v) is 14.2. The van der Waals surface area contributed by atoms with Crippen molar-refractivity contribution in [3.63, 3.8) is 0 Å². The second-order valence-electron chi connectivity index (χ2n) is 6.01. The molecule has 1 aliphatic carbocycles. The van der Waals surface area contributed by atoms with Crippen LogP contribution in [0.15, 0.2) is 24.3 Å². The Kier molecular flexibility index (Phi) is 5.08. The fourth-order valence-electron chi connectivity index (χ4n) is 2.97. The van der Waals surface area contributed by atoms with E-state index in [0.717, 1.165) is 24.8 Å². The SMILES string of the molecule is O=C(C=Cc1ccc2c(c1)OCCO2)NS(=O)(=O)C1CCCCC1. The first kappa shape index (κ1) is 16.8. The minimum absolute atomic E-state index is 0.460. The maximum atomic E-state index is 12.2. The van der Waals surface area contributed by atoms with Crippen LogP contribution in [0.2, 0.25) is 0 Å². The standard InChI is InChI=1S/C17H21NO5S/c19-17(18-24(20,21)14-4-2-1-3-5-14)9-7-13-6-8-15-16(12-13)23-11-10-22-15/h6-9,12,14H,1-5,10-11H2,(H,18,19). The number of amides is 1. The van der Waals surface area contributed by atoms with Crippen molar-refractivity contribution in [3.05, 3.63) is 29.8 Å². The monoisotopic (exact) mass is 351 g/mol. The van der Waals surface area contributed by atoms with Gasteiger partial charge in [0.2, 0.25) is 10.0 Å². The number of rotatable bonds is 4. The Morgan fingerprint density at radius 1 is 1.08 bits per heavy atom. The first-order chi connectivity index (χ1) is 11.5. The van der Waals surface area contributed by atoms with Gasteiger partial charge in [-0.25, -0.2) is 13.1 Å². The first-order valence-corrected chi connectivity index (χ1v) is 9.72. The van der Waals surface area contributed by atoms with Crippen molar-refractivity contribution in [3.8, 4) is 11.5 Å². The predicted octanol–water partition coefficient (Wildman–Crippen LogP) is 2.25. The average Bonchev–Trinajstić information content (AvgIpc) is 2.60. The van der Waals surface area contributed by atoms with E-state index in [1.807, 2.05) is 0 Å². The number of sulfonamides is 1. The van der Waals surface area contributed by atoms with Gasteiger partial charge in [-0.2, -0.15) is 0 Å². The first-order valence-electron chi connectivity index (χ1n) is 8.18. The van der Waals surface area contributed by atoms with Gasteiger partial charge in [-0.05, 0) is 36.6 Å². The summed E-state index contributed by atoms with van der Waals surface area (Å²) < 4.78 is 37.4. The number of hydrogen-bond acceptors (Lipinski definition) is 5. The molecule has 0 spiro atoms. The Morgan fingerprint density at radius 2 is 1.79 bits per heavy atom. The molecule has 0 aromatic heterocycles. The van der Waals surface area contributed by atoms with E-state index >= 15 is 0 Å². The molecular formula is C17H21NO5S. The number of ether oxygens (including phenoxy) is 2. The zero-order valence-electron chi connectivity index (χ0n) is 13.4. The Hall–Kier alpha value is -2.02. The van der Waals surface area contributed by atoms with Crippen LogP contribution in [0, 0.1) is 0 Å². The summed E-state index contributed by atoms with van der Waals surface area (Å²) >= 11 is 0. The van der Waals surface area contributed by atoms with Crippen molar-refractivity contribution in [2.75, 3.05) is 13.2 Å². The van der Waals surface area contributed by atoms with Crippen molar-refractivity contribution in [1.82, 2.24) is 4.72 Å². The quantitative estimate of drug-likeness (QED) is 0.842. The molecule has 24 heavy (non-hydrogen) atoms. The second-order valence-corrected chi connectivity index (χ2v) is 7.97. The van der Waals surface area contributed by atoms with E-state index in [1.165, 1.54) is 6.08 Å². The summed E-state index contributed by atoms with van der Waals surface area (Å²) in [5.74, 6) is 0.664. The number of hydrogen-bond donors (Lipinski definition) is 1. The third-order valence-electron chi connectivity index (χ3n) is 4.23. The highest BCUT2D eigenvalue weighted by Crippen LogP contribution is 2.31. The van der Waals surface area contributed by atoms with Crippen LogP contribution < -0.4 is 14.2 Å². The van der Waals surface area contributed by atoms with Gasteiger partial charge in [0.05, 0.1) is 5.25 Å². The molecule has 1 aromatic rings. The largest absolute Gasteiger partial charge is 0.486 e. The summed E-state index contributed by atoms with van der Waals surface area (Å²) in [6.45, 7) is 1.00. The Morgan fingerprint density at radius 3 is 2.54 bits per heavy atom. The van der Waals surface area contributed by atoms with E-state index in [0.29, 0.717) is 37.6 Å². The van der Waals surface area contributed by atoms with E-state index in [9.17, 15) is 13.2 Å². The molecule has 7 heteroatoms. The predicted molar refractivity (Wildman–Crippen MR) is 90.4 cm³/mol. The zero-order chi connectivity index (χ0) is 17.0. The molecule has 2 aliphatic rings. The molecule has 0 unspecified atom stereocenters. The molecule has 0 atom stereocenters. The van der Waals surface area contributed by atoms with Crippen LogP contribution in [-0.2, 0) is 14.8 Å². The summed E-state index contributed by atoms with van der Waals surface area (Å²) in [4.78, 5) is 11.9. The van der Waals surface area contributed by atoms with Crippen molar-refractivity contribution in [1.29, 1.82) is 0 Å². The average molecular weight is 351 g/mol. The van der Waals surface area contributed by atoms with E-state index in [1.54, 1.807) is 24.3 Å². The fraction of sp³-hybridized carbons (Fsp3) is 0.471. The van der Waals surface area contributed by atoms with Crippen LogP contribution in [0.3, 0.4) is 0 Å². The smallest absolute Gasteiger partial charge is 0.257 e. The number of carbonyl (C=O) groups is 1. The van der Waals surface area contributed by atoms with Gasteiger partial charge < -0.3 is 9.47 Å². The van der Waals surface area contributed by atoms with Gasteiger partial charge in [0.1, 0.15) is 13.2 Å². The van der Waals surface area contributed by atoms with Gasteiger partial charge in [0.25, 0.3) is 5.91 Å². The molecule has 1 fully saturated rings. The third-order valence-corrected chi connectivity index (χ3v) is 6.06. The number of carbonyl (C=O) groups excluding carboxylic acids is 1. The molecule has 1 aliphatic heterocycles. The lowest BCUT2D eigenvalue weighted by Gasteiger charge is -2.21. The third kappa shape index (κ3) is 4.08. The maximum absolute atomic E-state index is 12.2. The molecule has 1 N–H and O–H groups in total. The van der Waals surface area contributed by atoms with E-state index < -0.39 is 21.2 Å². The highest BCUT2D eigenvalue weighted by molar-refractivity contribution is 7.90. The number of benzene rings is 1. The molecule has 3 rings (SSSR count). The second kappa shape index (κ2) is 7.25. The van der Waals surface area contributed by atoms with E-state index in [-0.39, 0.29) is 0 Å². The molecule has 1 heterocycles. The molecule has 0 bridgehead atoms. The molecule has 0 saturated heterocycles. The van der Waals surface area contributed by atoms with Crippen molar-refractivity contribution < 1.29 is 22.7 Å². The number of fused-ring (bicyclic) bond motifs is 1. The van der Waals surface area contributed by atoms with E-state index in [4.69, 9.17) is 9.47 Å². The summed E-state index contributed by atoms with van der Waals surface area (Å²) in [7, 11) is -3.60. The number of nitrogens with one attached hydrogen (secondary N) is 1. The minimum atomic E-state index is -3.60. The van der Waals surface area contributed by atoms with Crippen molar-refractivity contribution in [2.45, 2.75) is 37.4 Å². The van der Waals surface area contributed by atoms with Gasteiger partial charge in [-0.15, -0.1) is 0 Å². The summed E-state index contributed by atoms with van der Waals surface area (Å²) in [6.07, 6.45) is 6.88. The highest BCUT2D eigenvalue weighted by Gasteiger charge is 2.28. The Bertz CT molecular complexity index is 735. The molecule has 6 nitrogen and oxygen atoms in total. The summed E-state index contributed by atoms with van der Waals surface area (Å²) in [6, 6.07) is 5.31. The van der Waals surface area contributed by atoms with Gasteiger partial charge in [0.15, 0.2) is 11.5 Å². The summed E-state index contributed by atoms with van der Waals surface area (Å²) in [5.41, 5.74) is 0.740. The van der Waals surface area contributed by atoms with Crippen LogP contribution in [0.5, 0.6) is 11.5 Å². The van der Waals surface area contributed by atoms with E-state index in [2.05, 4.69) is 4.72 Å². The Balaban J connectivity index is 1.62. The van der Waals surface area contributed by atoms with Crippen LogP contribution in [0.25, 0.3) is 6.08 Å². The fourth-order valence-corrected chi connectivity index (χ4v) is 4.44. The molecule has 1 aromatic carbocycles. The van der Waals surface area contributed by atoms with Gasteiger partial charge in [-0.3, -0.25) is 4.79 Å². The molecule has 1 amide bonds. The molecule has 130 valence electrons. The van der Waals surface area contributed by atoms with Gasteiger partial charge in [0, 0.05) is 6.08 Å². The van der Waals surface area contributed by atoms with Crippen LogP contribution >= 0.6 is 0 Å². The van der Waals surface area contributed by atoms with Crippen LogP contribution in [-0.4, -0.2) is 32.8 Å². The highest BCUT2D eigenvalue weighted by atomic mass is 32.2. The van der Waals surface area contributed by atoms with Crippen LogP contribution in [0.1, 0.15) is 37.7 Å². The lowest BCUT2D eigenvalue weighted by Crippen LogP contribution is -2.38. The molecular weight excluding hydrogens is 330 g/mol. The summed E-state index contributed by atoms with van der Waals surface area (Å²) in [5, 5.41) is -0.460.